The van der Waals surface area contributed by atoms with Gasteiger partial charge in [-0.3, -0.25) is 9.59 Å². The van der Waals surface area contributed by atoms with Crippen molar-refractivity contribution in [2.45, 2.75) is 63.9 Å². The second-order valence-corrected chi connectivity index (χ2v) is 9.12. The molecule has 5 rings (SSSR count). The Bertz CT molecular complexity index is 792. The number of rotatable bonds is 9. The molecule has 4 aliphatic rings. The number of carbonyl (C=O) groups excluding carboxylic acids is 1. The van der Waals surface area contributed by atoms with E-state index in [4.69, 9.17) is 9.84 Å². The van der Waals surface area contributed by atoms with Crippen molar-refractivity contribution in [2.75, 3.05) is 13.1 Å². The van der Waals surface area contributed by atoms with Crippen LogP contribution in [0.5, 0.6) is 5.75 Å². The Morgan fingerprint density at radius 2 is 1.93 bits per heavy atom. The summed E-state index contributed by atoms with van der Waals surface area (Å²) in [6.45, 7) is 1.00. The zero-order valence-electron chi connectivity index (χ0n) is 16.5. The molecule has 7 heteroatoms. The van der Waals surface area contributed by atoms with Gasteiger partial charge in [-0.05, 0) is 49.7 Å². The van der Waals surface area contributed by atoms with E-state index in [0.29, 0.717) is 24.9 Å². The molecule has 1 heterocycles. The number of ether oxygens (including phenoxy) is 1. The standard InChI is InChI=1S/C22H27F2NO4/c23-15-5-6-17(24)18(10-15)29-16-7-9-25(11-16)20(28)22-12-21(13-22,14-22)8-3-1-2-4-19(26)27/h5-6,10,16H,1-4,7-9,11-14H2,(H,26,27)/t16-,21?,22?/m1/s1. The van der Waals surface area contributed by atoms with Crippen LogP contribution in [0.15, 0.2) is 18.2 Å². The predicted octanol–water partition coefficient (Wildman–Crippen LogP) is 4.15. The SMILES string of the molecule is O=C(O)CCCCCC12CC(C(=O)N3CC[C@@H](Oc4cc(F)ccc4F)C3)(C1)C2. The van der Waals surface area contributed by atoms with Gasteiger partial charge in [-0.15, -0.1) is 0 Å². The molecule has 1 aromatic rings. The lowest BCUT2D eigenvalue weighted by atomic mass is 9.33. The van der Waals surface area contributed by atoms with E-state index >= 15 is 0 Å². The number of hydrogen-bond acceptors (Lipinski definition) is 3. The van der Waals surface area contributed by atoms with Gasteiger partial charge < -0.3 is 14.7 Å². The van der Waals surface area contributed by atoms with E-state index in [0.717, 1.165) is 63.1 Å². The summed E-state index contributed by atoms with van der Waals surface area (Å²) in [4.78, 5) is 25.3. The Hall–Kier alpha value is -2.18. The van der Waals surface area contributed by atoms with Gasteiger partial charge in [-0.1, -0.05) is 12.8 Å². The van der Waals surface area contributed by atoms with Gasteiger partial charge in [0.05, 0.1) is 12.0 Å². The summed E-state index contributed by atoms with van der Waals surface area (Å²) >= 11 is 0. The average molecular weight is 407 g/mol. The first-order chi connectivity index (χ1) is 13.8. The van der Waals surface area contributed by atoms with Crippen LogP contribution in [0.1, 0.15) is 57.8 Å². The number of halogens is 2. The first-order valence-corrected chi connectivity index (χ1v) is 10.4. The summed E-state index contributed by atoms with van der Waals surface area (Å²) in [5.41, 5.74) is 0.0687. The molecular weight excluding hydrogens is 380 g/mol. The fourth-order valence-electron chi connectivity index (χ4n) is 5.53. The van der Waals surface area contributed by atoms with Crippen molar-refractivity contribution in [3.63, 3.8) is 0 Å². The Balaban J connectivity index is 1.21. The van der Waals surface area contributed by atoms with E-state index in [-0.39, 0.29) is 29.6 Å². The van der Waals surface area contributed by atoms with Gasteiger partial charge in [-0.2, -0.15) is 0 Å². The highest BCUT2D eigenvalue weighted by molar-refractivity contribution is 5.86. The Morgan fingerprint density at radius 1 is 1.17 bits per heavy atom. The highest BCUT2D eigenvalue weighted by Crippen LogP contribution is 2.75. The molecule has 2 bridgehead atoms. The molecule has 1 amide bonds. The maximum atomic E-state index is 13.8. The van der Waals surface area contributed by atoms with Crippen molar-refractivity contribution >= 4 is 11.9 Å². The number of benzene rings is 1. The lowest BCUT2D eigenvalue weighted by Gasteiger charge is -2.70. The quantitative estimate of drug-likeness (QED) is 0.625. The van der Waals surface area contributed by atoms with Crippen LogP contribution in [0.4, 0.5) is 8.78 Å². The summed E-state index contributed by atoms with van der Waals surface area (Å²) < 4.78 is 32.7. The number of carbonyl (C=O) groups is 2. The number of hydrogen-bond donors (Lipinski definition) is 1. The number of carboxylic acids is 1. The van der Waals surface area contributed by atoms with E-state index in [1.807, 2.05) is 4.90 Å². The van der Waals surface area contributed by atoms with Crippen molar-refractivity contribution in [1.29, 1.82) is 0 Å². The minimum atomic E-state index is -0.743. The van der Waals surface area contributed by atoms with E-state index in [9.17, 15) is 18.4 Å². The molecule has 158 valence electrons. The molecule has 0 spiro atoms. The number of aliphatic carboxylic acids is 1. The fourth-order valence-corrected chi connectivity index (χ4v) is 5.53. The molecule has 29 heavy (non-hydrogen) atoms. The monoisotopic (exact) mass is 407 g/mol. The van der Waals surface area contributed by atoms with Crippen LogP contribution in [0.25, 0.3) is 0 Å². The van der Waals surface area contributed by atoms with Crippen LogP contribution in [0.2, 0.25) is 0 Å². The Morgan fingerprint density at radius 3 is 2.66 bits per heavy atom. The van der Waals surface area contributed by atoms with E-state index in [2.05, 4.69) is 0 Å². The summed E-state index contributed by atoms with van der Waals surface area (Å²) in [6, 6.07) is 3.14. The van der Waals surface area contributed by atoms with Crippen molar-refractivity contribution in [3.8, 4) is 5.75 Å². The van der Waals surface area contributed by atoms with Gasteiger partial charge in [0, 0.05) is 25.5 Å². The summed E-state index contributed by atoms with van der Waals surface area (Å²) in [7, 11) is 0. The topological polar surface area (TPSA) is 66.8 Å². The molecule has 1 aromatic carbocycles. The van der Waals surface area contributed by atoms with Crippen LogP contribution >= 0.6 is 0 Å². The smallest absolute Gasteiger partial charge is 0.303 e. The van der Waals surface area contributed by atoms with E-state index in [1.165, 1.54) is 0 Å². The molecule has 1 atom stereocenters. The minimum Gasteiger partial charge on any atom is -0.485 e. The van der Waals surface area contributed by atoms with Crippen LogP contribution in [0.3, 0.4) is 0 Å². The first-order valence-electron chi connectivity index (χ1n) is 10.4. The largest absolute Gasteiger partial charge is 0.485 e. The van der Waals surface area contributed by atoms with Gasteiger partial charge in [0.2, 0.25) is 5.91 Å². The molecule has 1 N–H and O–H groups in total. The molecule has 5 nitrogen and oxygen atoms in total. The van der Waals surface area contributed by atoms with E-state index in [1.54, 1.807) is 0 Å². The third kappa shape index (κ3) is 3.96. The van der Waals surface area contributed by atoms with Gasteiger partial charge >= 0.3 is 5.97 Å². The predicted molar refractivity (Wildman–Crippen MR) is 101 cm³/mol. The zero-order chi connectivity index (χ0) is 20.6. The lowest BCUT2D eigenvalue weighted by molar-refractivity contribution is -0.218. The second-order valence-electron chi connectivity index (χ2n) is 9.12. The Kier molecular flexibility index (Phi) is 5.25. The highest BCUT2D eigenvalue weighted by atomic mass is 19.1. The van der Waals surface area contributed by atoms with Gasteiger partial charge in [-0.25, -0.2) is 8.78 Å². The molecule has 0 unspecified atom stereocenters. The molecule has 3 aliphatic carbocycles. The van der Waals surface area contributed by atoms with Crippen molar-refractivity contribution in [3.05, 3.63) is 29.8 Å². The molecule has 0 aromatic heterocycles. The second kappa shape index (κ2) is 7.58. The maximum absolute atomic E-state index is 13.8. The number of likely N-dealkylation sites (tertiary alicyclic amines) is 1. The maximum Gasteiger partial charge on any atom is 0.303 e. The summed E-state index contributed by atoms with van der Waals surface area (Å²) in [5.74, 6) is -1.81. The third-order valence-electron chi connectivity index (χ3n) is 6.81. The minimum absolute atomic E-state index is 0.100. The number of unbranched alkanes of at least 4 members (excludes halogenated alkanes) is 2. The van der Waals surface area contributed by atoms with Gasteiger partial charge in [0.25, 0.3) is 0 Å². The van der Waals surface area contributed by atoms with Crippen LogP contribution < -0.4 is 4.74 Å². The molecule has 4 fully saturated rings. The number of amides is 1. The number of carboxylic acid groups (broad SMARTS) is 1. The molecular formula is C22H27F2NO4. The molecule has 3 saturated carbocycles. The normalized spacial score (nSPS) is 29.9. The van der Waals surface area contributed by atoms with Crippen molar-refractivity contribution in [1.82, 2.24) is 4.90 Å². The average Bonchev–Trinajstić information content (AvgIpc) is 3.06. The molecule has 1 saturated heterocycles. The van der Waals surface area contributed by atoms with Crippen LogP contribution in [-0.4, -0.2) is 41.1 Å². The van der Waals surface area contributed by atoms with E-state index < -0.39 is 17.6 Å². The van der Waals surface area contributed by atoms with Crippen molar-refractivity contribution < 1.29 is 28.2 Å². The van der Waals surface area contributed by atoms with Gasteiger partial charge in [0.15, 0.2) is 11.6 Å². The number of nitrogens with zero attached hydrogens (tertiary/aromatic N) is 1. The van der Waals surface area contributed by atoms with Crippen LogP contribution in [0, 0.1) is 22.5 Å². The van der Waals surface area contributed by atoms with Crippen molar-refractivity contribution in [2.24, 2.45) is 10.8 Å². The highest BCUT2D eigenvalue weighted by Gasteiger charge is 2.71. The molecule has 1 aliphatic heterocycles. The molecule has 0 radical (unpaired) electrons. The zero-order valence-corrected chi connectivity index (χ0v) is 16.5. The lowest BCUT2D eigenvalue weighted by Crippen LogP contribution is -2.67. The Labute approximate surface area is 169 Å². The third-order valence-corrected chi connectivity index (χ3v) is 6.81. The fraction of sp³-hybridized carbons (Fsp3) is 0.636. The van der Waals surface area contributed by atoms with Crippen LogP contribution in [-0.2, 0) is 9.59 Å². The summed E-state index contributed by atoms with van der Waals surface area (Å²) in [5, 5.41) is 8.68. The van der Waals surface area contributed by atoms with Gasteiger partial charge in [0.1, 0.15) is 11.9 Å². The summed E-state index contributed by atoms with van der Waals surface area (Å²) in [6.07, 6.45) is 7.07. The first kappa shape index (κ1) is 20.1.